The van der Waals surface area contributed by atoms with Gasteiger partial charge < -0.3 is 5.32 Å². The summed E-state index contributed by atoms with van der Waals surface area (Å²) in [4.78, 5) is 13.5. The lowest BCUT2D eigenvalue weighted by Crippen LogP contribution is -2.56. The van der Waals surface area contributed by atoms with E-state index in [0.29, 0.717) is 17.7 Å². The lowest BCUT2D eigenvalue weighted by Gasteiger charge is -2.35. The monoisotopic (exact) mass is 242 g/mol. The van der Waals surface area contributed by atoms with Crippen molar-refractivity contribution in [3.8, 4) is 0 Å². The molecule has 1 N–H and O–H groups in total. The third-order valence-corrected chi connectivity index (χ3v) is 3.07. The molecule has 2 aliphatic heterocycles. The molecule has 3 heteroatoms. The van der Waals surface area contributed by atoms with E-state index in [2.05, 4.69) is 24.1 Å². The quantitative estimate of drug-likeness (QED) is 0.806. The fraction of sp³-hybridized carbons (Fsp3) is 0.929. The molecule has 0 aromatic rings. The largest absolute Gasteiger partial charge is 0.314 e. The number of likely N-dealkylation sites (tertiary alicyclic amines) is 1. The van der Waals surface area contributed by atoms with Gasteiger partial charge in [0.2, 0.25) is 0 Å². The Morgan fingerprint density at radius 1 is 1.29 bits per heavy atom. The van der Waals surface area contributed by atoms with Gasteiger partial charge in [-0.05, 0) is 19.9 Å². The fourth-order valence-electron chi connectivity index (χ4n) is 1.98. The molecule has 2 saturated heterocycles. The first-order chi connectivity index (χ1) is 8.19. The molecule has 0 amide bonds. The highest BCUT2D eigenvalue weighted by molar-refractivity contribution is 5.78. The smallest absolute Gasteiger partial charge is 0.134 e. The third kappa shape index (κ3) is 5.64. The van der Waals surface area contributed by atoms with Crippen molar-refractivity contribution in [3.63, 3.8) is 0 Å². The molecule has 0 radical (unpaired) electrons. The van der Waals surface area contributed by atoms with Crippen LogP contribution in [0.5, 0.6) is 0 Å². The van der Waals surface area contributed by atoms with E-state index >= 15 is 0 Å². The van der Waals surface area contributed by atoms with Gasteiger partial charge in [0.15, 0.2) is 0 Å². The molecular formula is C14H30N2O. The van der Waals surface area contributed by atoms with Crippen LogP contribution in [0.1, 0.15) is 47.5 Å². The van der Waals surface area contributed by atoms with Crippen LogP contribution in [-0.2, 0) is 4.79 Å². The highest BCUT2D eigenvalue weighted by Gasteiger charge is 2.32. The Bertz CT molecular complexity index is 202. The zero-order valence-corrected chi connectivity index (χ0v) is 12.3. The van der Waals surface area contributed by atoms with Crippen LogP contribution in [0.3, 0.4) is 0 Å². The summed E-state index contributed by atoms with van der Waals surface area (Å²) >= 11 is 0. The van der Waals surface area contributed by atoms with Crippen molar-refractivity contribution >= 4 is 5.78 Å². The first-order valence-corrected chi connectivity index (χ1v) is 7.14. The van der Waals surface area contributed by atoms with Gasteiger partial charge in [0.1, 0.15) is 5.78 Å². The van der Waals surface area contributed by atoms with Crippen molar-refractivity contribution in [3.05, 3.63) is 0 Å². The van der Waals surface area contributed by atoms with Crippen LogP contribution in [0.25, 0.3) is 0 Å². The lowest BCUT2D eigenvalue weighted by atomic mass is 10.1. The number of rotatable bonds is 2. The SMILES string of the molecule is CC.CC(=O)C1CCN(C2CNC2)C1.CCC. The summed E-state index contributed by atoms with van der Waals surface area (Å²) in [6, 6.07) is 0.717. The van der Waals surface area contributed by atoms with Crippen molar-refractivity contribution in [2.45, 2.75) is 53.5 Å². The molecule has 2 fully saturated rings. The number of ketones is 1. The average Bonchev–Trinajstić information content (AvgIpc) is 2.69. The number of Topliss-reactive ketones (excluding diaryl/α,β-unsaturated/α-hetero) is 1. The second-order valence-electron chi connectivity index (χ2n) is 4.61. The summed E-state index contributed by atoms with van der Waals surface area (Å²) < 4.78 is 0. The molecule has 1 unspecified atom stereocenters. The van der Waals surface area contributed by atoms with Gasteiger partial charge in [-0.25, -0.2) is 0 Å². The summed E-state index contributed by atoms with van der Waals surface area (Å²) in [6.45, 7) is 14.3. The van der Waals surface area contributed by atoms with Crippen LogP contribution >= 0.6 is 0 Å². The van der Waals surface area contributed by atoms with Gasteiger partial charge in [0.05, 0.1) is 0 Å². The summed E-state index contributed by atoms with van der Waals surface area (Å²) in [5.41, 5.74) is 0. The minimum atomic E-state index is 0.325. The molecule has 2 aliphatic rings. The average molecular weight is 242 g/mol. The van der Waals surface area contributed by atoms with E-state index in [0.717, 1.165) is 32.6 Å². The van der Waals surface area contributed by atoms with E-state index in [4.69, 9.17) is 0 Å². The Morgan fingerprint density at radius 3 is 2.12 bits per heavy atom. The summed E-state index contributed by atoms with van der Waals surface area (Å²) in [7, 11) is 0. The standard InChI is InChI=1S/C9H16N2O.C3H8.C2H6/c1-7(12)8-2-3-11(6-8)9-4-10-5-9;1-3-2;1-2/h8-10H,2-6H2,1H3;3H2,1-2H3;1-2H3. The molecule has 0 aromatic heterocycles. The summed E-state index contributed by atoms with van der Waals surface area (Å²) in [6.07, 6.45) is 2.33. The third-order valence-electron chi connectivity index (χ3n) is 3.07. The summed E-state index contributed by atoms with van der Waals surface area (Å²) in [5, 5.41) is 3.26. The number of carbonyl (C=O) groups is 1. The van der Waals surface area contributed by atoms with Gasteiger partial charge in [-0.3, -0.25) is 9.69 Å². The Balaban J connectivity index is 0.000000450. The van der Waals surface area contributed by atoms with Crippen molar-refractivity contribution in [2.75, 3.05) is 26.2 Å². The molecule has 0 aliphatic carbocycles. The second kappa shape index (κ2) is 9.60. The van der Waals surface area contributed by atoms with Gasteiger partial charge in [0, 0.05) is 31.6 Å². The first-order valence-electron chi connectivity index (χ1n) is 7.14. The topological polar surface area (TPSA) is 32.3 Å². The van der Waals surface area contributed by atoms with Crippen molar-refractivity contribution in [1.29, 1.82) is 0 Å². The maximum atomic E-state index is 11.1. The minimum absolute atomic E-state index is 0.325. The van der Waals surface area contributed by atoms with Crippen molar-refractivity contribution < 1.29 is 4.79 Å². The normalized spacial score (nSPS) is 23.9. The van der Waals surface area contributed by atoms with Gasteiger partial charge in [-0.2, -0.15) is 0 Å². The first kappa shape index (κ1) is 16.6. The zero-order valence-electron chi connectivity index (χ0n) is 12.3. The van der Waals surface area contributed by atoms with Crippen molar-refractivity contribution in [2.24, 2.45) is 5.92 Å². The van der Waals surface area contributed by atoms with Crippen LogP contribution in [-0.4, -0.2) is 42.9 Å². The fourth-order valence-corrected chi connectivity index (χ4v) is 1.98. The van der Waals surface area contributed by atoms with Gasteiger partial charge in [0.25, 0.3) is 0 Å². The molecule has 0 spiro atoms. The van der Waals surface area contributed by atoms with Gasteiger partial charge in [-0.15, -0.1) is 0 Å². The summed E-state index contributed by atoms with van der Waals surface area (Å²) in [5.74, 6) is 0.690. The Morgan fingerprint density at radius 2 is 1.82 bits per heavy atom. The van der Waals surface area contributed by atoms with Crippen LogP contribution in [0.2, 0.25) is 0 Å². The predicted octanol–water partition coefficient (Wildman–Crippen LogP) is 2.31. The number of nitrogens with one attached hydrogen (secondary N) is 1. The molecule has 1 atom stereocenters. The maximum absolute atomic E-state index is 11.1. The number of carbonyl (C=O) groups excluding carboxylic acids is 1. The predicted molar refractivity (Wildman–Crippen MR) is 74.3 cm³/mol. The highest BCUT2D eigenvalue weighted by atomic mass is 16.1. The number of hydrogen-bond donors (Lipinski definition) is 1. The Hall–Kier alpha value is -0.410. The van der Waals surface area contributed by atoms with Gasteiger partial charge in [-0.1, -0.05) is 34.1 Å². The van der Waals surface area contributed by atoms with Crippen molar-refractivity contribution in [1.82, 2.24) is 10.2 Å². The Labute approximate surface area is 107 Å². The second-order valence-corrected chi connectivity index (χ2v) is 4.61. The maximum Gasteiger partial charge on any atom is 0.134 e. The highest BCUT2D eigenvalue weighted by Crippen LogP contribution is 2.20. The Kier molecular flexibility index (Phi) is 9.37. The molecule has 0 saturated carbocycles. The van der Waals surface area contributed by atoms with E-state index in [1.165, 1.54) is 6.42 Å². The molecule has 17 heavy (non-hydrogen) atoms. The van der Waals surface area contributed by atoms with Crippen LogP contribution < -0.4 is 5.32 Å². The van der Waals surface area contributed by atoms with E-state index in [1.807, 2.05) is 13.8 Å². The molecule has 102 valence electrons. The minimum Gasteiger partial charge on any atom is -0.314 e. The molecule has 0 bridgehead atoms. The molecular weight excluding hydrogens is 212 g/mol. The molecule has 2 heterocycles. The number of nitrogens with zero attached hydrogens (tertiary/aromatic N) is 1. The van der Waals surface area contributed by atoms with E-state index in [1.54, 1.807) is 6.92 Å². The van der Waals surface area contributed by atoms with Gasteiger partial charge >= 0.3 is 0 Å². The molecule has 3 nitrogen and oxygen atoms in total. The van der Waals surface area contributed by atoms with E-state index in [9.17, 15) is 4.79 Å². The molecule has 2 rings (SSSR count). The zero-order chi connectivity index (χ0) is 13.3. The number of hydrogen-bond acceptors (Lipinski definition) is 3. The van der Waals surface area contributed by atoms with Crippen LogP contribution in [0.4, 0.5) is 0 Å². The van der Waals surface area contributed by atoms with Crippen LogP contribution in [0.15, 0.2) is 0 Å². The van der Waals surface area contributed by atoms with Crippen LogP contribution in [0, 0.1) is 5.92 Å². The van der Waals surface area contributed by atoms with E-state index < -0.39 is 0 Å². The molecule has 0 aromatic carbocycles. The van der Waals surface area contributed by atoms with E-state index in [-0.39, 0.29) is 0 Å². The lowest BCUT2D eigenvalue weighted by molar-refractivity contribution is -0.120.